The van der Waals surface area contributed by atoms with Crippen molar-refractivity contribution in [2.45, 2.75) is 96.8 Å². The summed E-state index contributed by atoms with van der Waals surface area (Å²) in [6.07, 6.45) is 2.34. The molecule has 61 heavy (non-hydrogen) atoms. The first-order chi connectivity index (χ1) is 29.1. The number of fused-ring (bicyclic) bond motifs is 12. The van der Waals surface area contributed by atoms with Gasteiger partial charge in [-0.2, -0.15) is 0 Å². The van der Waals surface area contributed by atoms with Crippen LogP contribution in [0.25, 0.3) is 69.9 Å². The molecule has 3 heterocycles. The first kappa shape index (κ1) is 37.2. The average molecular weight is 808 g/mol. The molecule has 0 fully saturated rings. The van der Waals surface area contributed by atoms with Crippen LogP contribution in [0.1, 0.15) is 103 Å². The number of nitrogens with one attached hydrogen (secondary N) is 1. The summed E-state index contributed by atoms with van der Waals surface area (Å²) in [5, 5.41) is 9.31. The Bertz CT molecular complexity index is 3360. The molecule has 0 saturated heterocycles. The maximum Gasteiger partial charge on any atom is 0.197 e. The van der Waals surface area contributed by atoms with E-state index in [9.17, 15) is 0 Å². The molecule has 7 aromatic carbocycles. The normalized spacial score (nSPS) is 16.7. The van der Waals surface area contributed by atoms with Crippen molar-refractivity contribution in [1.82, 2.24) is 4.57 Å². The largest absolute Gasteiger partial charge is 0.355 e. The summed E-state index contributed by atoms with van der Waals surface area (Å²) < 4.78 is 5.31. The molecule has 1 N–H and O–H groups in total. The molecular weight excluding hydrogens is 756 g/mol. The maximum atomic E-state index is 4.01. The van der Waals surface area contributed by atoms with E-state index in [1.807, 2.05) is 11.3 Å². The van der Waals surface area contributed by atoms with Crippen LogP contribution in [-0.2, 0) is 21.7 Å². The summed E-state index contributed by atoms with van der Waals surface area (Å²) in [4.78, 5) is 0. The molecule has 1 radical (unpaired) electrons. The van der Waals surface area contributed by atoms with E-state index in [1.54, 1.807) is 0 Å². The van der Waals surface area contributed by atoms with Crippen molar-refractivity contribution >= 4 is 82.9 Å². The Hall–Kier alpha value is -5.58. The minimum Gasteiger partial charge on any atom is -0.355 e. The predicted molar refractivity (Wildman–Crippen MR) is 265 cm³/mol. The Labute approximate surface area is 364 Å². The zero-order valence-corrected chi connectivity index (χ0v) is 37.7. The van der Waals surface area contributed by atoms with Gasteiger partial charge in [-0.3, -0.25) is 0 Å². The third kappa shape index (κ3) is 5.27. The van der Waals surface area contributed by atoms with Crippen LogP contribution in [0, 0.1) is 0 Å². The summed E-state index contributed by atoms with van der Waals surface area (Å²) in [6, 6.07) is 47.0. The van der Waals surface area contributed by atoms with Gasteiger partial charge in [0.05, 0.1) is 5.52 Å². The highest BCUT2D eigenvalue weighted by atomic mass is 32.1. The second kappa shape index (κ2) is 12.3. The Morgan fingerprint density at radius 2 is 1.30 bits per heavy atom. The smallest absolute Gasteiger partial charge is 0.197 e. The number of anilines is 2. The Kier molecular flexibility index (Phi) is 7.50. The molecule has 2 nitrogen and oxygen atoms in total. The lowest BCUT2D eigenvalue weighted by Gasteiger charge is -2.42. The van der Waals surface area contributed by atoms with Crippen LogP contribution in [0.3, 0.4) is 0 Å². The van der Waals surface area contributed by atoms with Crippen molar-refractivity contribution in [2.75, 3.05) is 5.32 Å². The summed E-state index contributed by atoms with van der Waals surface area (Å²) in [5.41, 5.74) is 21.2. The molecule has 4 heteroatoms. The first-order valence-corrected chi connectivity index (χ1v) is 23.0. The van der Waals surface area contributed by atoms with Crippen LogP contribution in [0.5, 0.6) is 0 Å². The maximum absolute atomic E-state index is 4.01. The van der Waals surface area contributed by atoms with Gasteiger partial charge < -0.3 is 9.88 Å². The van der Waals surface area contributed by atoms with E-state index in [2.05, 4.69) is 201 Å². The SMILES string of the molecule is CC(C)(C)c1ccc(Nc2cc3c(cc2-c2ccc4c5cc6sc7ccccc7c6cc5n5c4c2[B]c2cc4c(cc2-5)-c2ccccc2C4(C)C)C(C)(C)CCC3(C)C)cc1. The first-order valence-electron chi connectivity index (χ1n) is 22.2. The quantitative estimate of drug-likeness (QED) is 0.176. The molecule has 1 aliphatic heterocycles. The van der Waals surface area contributed by atoms with Crippen molar-refractivity contribution in [2.24, 2.45) is 0 Å². The van der Waals surface area contributed by atoms with Gasteiger partial charge in [0.25, 0.3) is 0 Å². The molecule has 9 aromatic rings. The van der Waals surface area contributed by atoms with Crippen molar-refractivity contribution in [3.05, 3.63) is 149 Å². The summed E-state index contributed by atoms with van der Waals surface area (Å²) in [5.74, 6) is 0. The molecule has 2 aliphatic carbocycles. The minimum atomic E-state index is -0.0963. The van der Waals surface area contributed by atoms with E-state index in [1.165, 1.54) is 127 Å². The van der Waals surface area contributed by atoms with Gasteiger partial charge in [-0.05, 0) is 128 Å². The standard InChI is InChI=1S/C57H52BN2S/c1-54(2,3)32-18-20-33(21-19-32)59-47-31-45-44(55(4,5)24-25-56(45,6)7)26-39(47)36-22-23-37-40-29-51-41(35-15-11-13-17-50(35)61-51)28-48(40)60-49-27-38-34-14-10-12-16-42(34)57(8,9)43(38)30-46(49)58-52(36)53(37)60/h10-23,26-31,59H,24-25H2,1-9H3. The highest BCUT2D eigenvalue weighted by Crippen LogP contribution is 2.52. The molecule has 0 bridgehead atoms. The second-order valence-electron chi connectivity index (χ2n) is 21.2. The van der Waals surface area contributed by atoms with Crippen LogP contribution >= 0.6 is 11.3 Å². The summed E-state index contributed by atoms with van der Waals surface area (Å²) >= 11 is 1.91. The van der Waals surface area contributed by atoms with E-state index in [0.29, 0.717) is 0 Å². The highest BCUT2D eigenvalue weighted by molar-refractivity contribution is 7.25. The lowest BCUT2D eigenvalue weighted by molar-refractivity contribution is 0.332. The molecule has 2 aromatic heterocycles. The van der Waals surface area contributed by atoms with Gasteiger partial charge >= 0.3 is 0 Å². The van der Waals surface area contributed by atoms with Gasteiger partial charge in [-0.25, -0.2) is 0 Å². The lowest BCUT2D eigenvalue weighted by atomic mass is 9.57. The predicted octanol–water partition coefficient (Wildman–Crippen LogP) is 14.5. The average Bonchev–Trinajstić information content (AvgIpc) is 3.84. The molecule has 0 atom stereocenters. The van der Waals surface area contributed by atoms with E-state index in [0.717, 1.165) is 5.69 Å². The molecule has 299 valence electrons. The van der Waals surface area contributed by atoms with Gasteiger partial charge in [0.15, 0.2) is 7.28 Å². The summed E-state index contributed by atoms with van der Waals surface area (Å²) in [7, 11) is 2.53. The van der Waals surface area contributed by atoms with E-state index in [-0.39, 0.29) is 21.7 Å². The number of hydrogen-bond donors (Lipinski definition) is 1. The van der Waals surface area contributed by atoms with Crippen LogP contribution in [0.15, 0.2) is 121 Å². The number of rotatable bonds is 3. The molecule has 0 unspecified atom stereocenters. The molecular formula is C57H52BN2S. The van der Waals surface area contributed by atoms with Crippen molar-refractivity contribution < 1.29 is 0 Å². The van der Waals surface area contributed by atoms with Gasteiger partial charge in [0.2, 0.25) is 0 Å². The fourth-order valence-corrected chi connectivity index (χ4v) is 12.5. The van der Waals surface area contributed by atoms with Crippen molar-refractivity contribution in [1.29, 1.82) is 0 Å². The fraction of sp³-hybridized carbons (Fsp3) is 0.263. The van der Waals surface area contributed by atoms with E-state index in [4.69, 9.17) is 0 Å². The monoisotopic (exact) mass is 807 g/mol. The van der Waals surface area contributed by atoms with Gasteiger partial charge in [-0.15, -0.1) is 11.3 Å². The van der Waals surface area contributed by atoms with Crippen LogP contribution < -0.4 is 16.2 Å². The Morgan fingerprint density at radius 1 is 0.574 bits per heavy atom. The number of aromatic nitrogens is 1. The minimum absolute atomic E-state index is 0.0642. The number of benzene rings is 7. The Morgan fingerprint density at radius 3 is 2.07 bits per heavy atom. The van der Waals surface area contributed by atoms with Crippen LogP contribution in [0.2, 0.25) is 0 Å². The topological polar surface area (TPSA) is 17.0 Å². The highest BCUT2D eigenvalue weighted by Gasteiger charge is 2.40. The third-order valence-corrected chi connectivity index (χ3v) is 16.2. The number of hydrogen-bond acceptors (Lipinski definition) is 2. The molecule has 0 spiro atoms. The second-order valence-corrected chi connectivity index (χ2v) is 22.2. The van der Waals surface area contributed by atoms with Gasteiger partial charge in [-0.1, -0.05) is 141 Å². The van der Waals surface area contributed by atoms with Crippen LogP contribution in [0.4, 0.5) is 11.4 Å². The fourth-order valence-electron chi connectivity index (χ4n) is 11.3. The molecule has 0 amide bonds. The summed E-state index contributed by atoms with van der Waals surface area (Å²) in [6.45, 7) is 21.4. The number of nitrogens with zero attached hydrogens (tertiary/aromatic N) is 1. The third-order valence-electron chi connectivity index (χ3n) is 15.0. The lowest BCUT2D eigenvalue weighted by Crippen LogP contribution is -2.38. The van der Waals surface area contributed by atoms with Gasteiger partial charge in [0, 0.05) is 64.5 Å². The van der Waals surface area contributed by atoms with E-state index < -0.39 is 0 Å². The molecule has 0 saturated carbocycles. The zero-order valence-electron chi connectivity index (χ0n) is 36.9. The zero-order chi connectivity index (χ0) is 42.0. The molecule has 3 aliphatic rings. The van der Waals surface area contributed by atoms with E-state index >= 15 is 0 Å². The molecule has 12 rings (SSSR count). The Balaban J connectivity index is 1.16. The number of thiophene rings is 1. The van der Waals surface area contributed by atoms with Crippen molar-refractivity contribution in [3.8, 4) is 27.9 Å². The van der Waals surface area contributed by atoms with Crippen LogP contribution in [-0.4, -0.2) is 11.8 Å². The van der Waals surface area contributed by atoms with Gasteiger partial charge in [0.1, 0.15) is 0 Å². The van der Waals surface area contributed by atoms with Crippen molar-refractivity contribution in [3.63, 3.8) is 0 Å².